The zero-order chi connectivity index (χ0) is 24.2. The molecule has 3 aromatic carbocycles. The Morgan fingerprint density at radius 3 is 2.18 bits per heavy atom. The minimum Gasteiger partial charge on any atom is -0.376 e. The maximum atomic E-state index is 13.0. The van der Waals surface area contributed by atoms with Gasteiger partial charge in [0, 0.05) is 5.69 Å². The molecule has 0 aromatic heterocycles. The van der Waals surface area contributed by atoms with Gasteiger partial charge in [0.05, 0.1) is 10.0 Å². The fraction of sp³-hybridized carbons (Fsp3) is 0.0435. The molecule has 0 atom stereocenters. The molecule has 0 aliphatic heterocycles. The second kappa shape index (κ2) is 10.0. The summed E-state index contributed by atoms with van der Waals surface area (Å²) < 4.78 is 43.2. The summed E-state index contributed by atoms with van der Waals surface area (Å²) in [5.41, 5.74) is 1.14. The van der Waals surface area contributed by atoms with E-state index in [-0.39, 0.29) is 31.8 Å². The molecule has 0 fully saturated rings. The van der Waals surface area contributed by atoms with E-state index in [0.29, 0.717) is 5.69 Å². The van der Waals surface area contributed by atoms with Gasteiger partial charge in [0.15, 0.2) is 5.75 Å². The molecule has 0 heterocycles. The number of aryl methyl sites for hydroxylation is 1. The van der Waals surface area contributed by atoms with Crippen LogP contribution in [0.15, 0.2) is 71.1 Å². The Hall–Kier alpha value is -3.38. The number of amides is 1. The van der Waals surface area contributed by atoms with Crippen molar-refractivity contribution < 1.29 is 21.8 Å². The highest BCUT2D eigenvalue weighted by Crippen LogP contribution is 2.36. The molecule has 168 valence electrons. The van der Waals surface area contributed by atoms with Crippen molar-refractivity contribution in [2.75, 3.05) is 5.32 Å². The lowest BCUT2D eigenvalue weighted by Crippen LogP contribution is -2.13. The molecule has 0 aliphatic rings. The van der Waals surface area contributed by atoms with E-state index >= 15 is 0 Å². The van der Waals surface area contributed by atoms with Crippen molar-refractivity contribution in [3.05, 3.63) is 93.2 Å². The van der Waals surface area contributed by atoms with E-state index in [1.165, 1.54) is 42.5 Å². The number of benzene rings is 3. The van der Waals surface area contributed by atoms with E-state index in [1.54, 1.807) is 18.2 Å². The molecule has 0 saturated carbocycles. The van der Waals surface area contributed by atoms with Crippen molar-refractivity contribution >= 4 is 51.0 Å². The number of nitrogens with one attached hydrogen (secondary N) is 1. The number of carbonyl (C=O) groups is 1. The van der Waals surface area contributed by atoms with E-state index in [2.05, 4.69) is 5.32 Å². The highest BCUT2D eigenvalue weighted by Gasteiger charge is 2.21. The van der Waals surface area contributed by atoms with E-state index < -0.39 is 21.8 Å². The maximum absolute atomic E-state index is 13.0. The average molecular weight is 505 g/mol. The Bertz CT molecular complexity index is 1360. The second-order valence-electron chi connectivity index (χ2n) is 6.80. The van der Waals surface area contributed by atoms with Crippen LogP contribution in [-0.4, -0.2) is 14.3 Å². The third kappa shape index (κ3) is 6.11. The SMILES string of the molecule is Cc1ccc(S(=O)(=O)Oc2c(Cl)cc(/C=C(\C#N)C(=O)Nc3ccc(F)cc3)cc2Cl)cc1. The number of rotatable bonds is 6. The lowest BCUT2D eigenvalue weighted by molar-refractivity contribution is -0.112. The Balaban J connectivity index is 1.85. The van der Waals surface area contributed by atoms with Gasteiger partial charge in [-0.25, -0.2) is 4.39 Å². The van der Waals surface area contributed by atoms with Crippen molar-refractivity contribution in [1.29, 1.82) is 5.26 Å². The van der Waals surface area contributed by atoms with Crippen LogP contribution in [0.25, 0.3) is 6.08 Å². The summed E-state index contributed by atoms with van der Waals surface area (Å²) in [6, 6.07) is 15.4. The molecule has 0 radical (unpaired) electrons. The topological polar surface area (TPSA) is 96.3 Å². The quantitative estimate of drug-likeness (QED) is 0.261. The van der Waals surface area contributed by atoms with Gasteiger partial charge >= 0.3 is 10.1 Å². The van der Waals surface area contributed by atoms with Gasteiger partial charge in [0.1, 0.15) is 22.4 Å². The fourth-order valence-electron chi connectivity index (χ4n) is 2.65. The van der Waals surface area contributed by atoms with Crippen LogP contribution >= 0.6 is 23.2 Å². The zero-order valence-electron chi connectivity index (χ0n) is 17.0. The molecule has 0 bridgehead atoms. The van der Waals surface area contributed by atoms with Gasteiger partial charge in [-0.05, 0) is 67.1 Å². The minimum atomic E-state index is -4.19. The van der Waals surface area contributed by atoms with Gasteiger partial charge in [-0.15, -0.1) is 0 Å². The first-order chi connectivity index (χ1) is 15.6. The lowest BCUT2D eigenvalue weighted by atomic mass is 10.1. The monoisotopic (exact) mass is 504 g/mol. The predicted molar refractivity (Wildman–Crippen MR) is 124 cm³/mol. The molecule has 33 heavy (non-hydrogen) atoms. The van der Waals surface area contributed by atoms with Gasteiger partial charge in [0.25, 0.3) is 5.91 Å². The number of carbonyl (C=O) groups excluding carboxylic acids is 1. The summed E-state index contributed by atoms with van der Waals surface area (Å²) in [6.07, 6.45) is 1.22. The molecule has 3 rings (SSSR count). The Labute approximate surface area is 200 Å². The number of anilines is 1. The second-order valence-corrected chi connectivity index (χ2v) is 9.16. The van der Waals surface area contributed by atoms with Gasteiger partial charge in [-0.1, -0.05) is 40.9 Å². The molecule has 0 aliphatic carbocycles. The van der Waals surface area contributed by atoms with Crippen LogP contribution in [0.3, 0.4) is 0 Å². The summed E-state index contributed by atoms with van der Waals surface area (Å²) in [6.45, 7) is 1.81. The summed E-state index contributed by atoms with van der Waals surface area (Å²) in [7, 11) is -4.19. The smallest absolute Gasteiger partial charge is 0.339 e. The van der Waals surface area contributed by atoms with Crippen molar-refractivity contribution in [1.82, 2.24) is 0 Å². The summed E-state index contributed by atoms with van der Waals surface area (Å²) >= 11 is 12.4. The van der Waals surface area contributed by atoms with Crippen LogP contribution in [0.2, 0.25) is 10.0 Å². The summed E-state index contributed by atoms with van der Waals surface area (Å²) in [4.78, 5) is 12.3. The van der Waals surface area contributed by atoms with Gasteiger partial charge in [-0.2, -0.15) is 13.7 Å². The molecule has 0 spiro atoms. The highest BCUT2D eigenvalue weighted by atomic mass is 35.5. The number of hydrogen-bond donors (Lipinski definition) is 1. The fourth-order valence-corrected chi connectivity index (χ4v) is 4.29. The maximum Gasteiger partial charge on any atom is 0.339 e. The first kappa shape index (κ1) is 24.3. The minimum absolute atomic E-state index is 0.0755. The van der Waals surface area contributed by atoms with Gasteiger partial charge in [-0.3, -0.25) is 4.79 Å². The largest absolute Gasteiger partial charge is 0.376 e. The molecule has 6 nitrogen and oxygen atoms in total. The Morgan fingerprint density at radius 1 is 1.06 bits per heavy atom. The van der Waals surface area contributed by atoms with Gasteiger partial charge < -0.3 is 9.50 Å². The number of nitriles is 1. The summed E-state index contributed by atoms with van der Waals surface area (Å²) in [5, 5.41) is 11.6. The molecule has 0 unspecified atom stereocenters. The van der Waals surface area contributed by atoms with Crippen LogP contribution in [0.5, 0.6) is 5.75 Å². The Morgan fingerprint density at radius 2 is 1.64 bits per heavy atom. The first-order valence-electron chi connectivity index (χ1n) is 9.28. The molecule has 1 N–H and O–H groups in total. The third-order valence-electron chi connectivity index (χ3n) is 4.30. The number of nitrogens with zero attached hydrogens (tertiary/aromatic N) is 1. The van der Waals surface area contributed by atoms with Crippen LogP contribution in [-0.2, 0) is 14.9 Å². The first-order valence-corrected chi connectivity index (χ1v) is 11.4. The van der Waals surface area contributed by atoms with E-state index in [1.807, 2.05) is 6.92 Å². The molecule has 3 aromatic rings. The van der Waals surface area contributed by atoms with E-state index in [9.17, 15) is 22.9 Å². The average Bonchev–Trinajstić information content (AvgIpc) is 2.76. The van der Waals surface area contributed by atoms with Crippen molar-refractivity contribution in [2.24, 2.45) is 0 Å². The lowest BCUT2D eigenvalue weighted by Gasteiger charge is -2.11. The normalized spacial score (nSPS) is 11.5. The number of halogens is 3. The summed E-state index contributed by atoms with van der Waals surface area (Å²) in [5.74, 6) is -1.50. The highest BCUT2D eigenvalue weighted by molar-refractivity contribution is 7.87. The zero-order valence-corrected chi connectivity index (χ0v) is 19.3. The molecule has 10 heteroatoms. The van der Waals surface area contributed by atoms with E-state index in [4.69, 9.17) is 27.4 Å². The molecule has 0 saturated heterocycles. The molecule has 1 amide bonds. The third-order valence-corrected chi connectivity index (χ3v) is 6.10. The van der Waals surface area contributed by atoms with Crippen LogP contribution in [0.4, 0.5) is 10.1 Å². The van der Waals surface area contributed by atoms with Crippen molar-refractivity contribution in [2.45, 2.75) is 11.8 Å². The van der Waals surface area contributed by atoms with Crippen molar-refractivity contribution in [3.8, 4) is 11.8 Å². The van der Waals surface area contributed by atoms with E-state index in [0.717, 1.165) is 17.7 Å². The predicted octanol–water partition coefficient (Wildman–Crippen LogP) is 5.75. The van der Waals surface area contributed by atoms with Crippen LogP contribution in [0, 0.1) is 24.1 Å². The van der Waals surface area contributed by atoms with Crippen LogP contribution < -0.4 is 9.50 Å². The molecular formula is C23H15Cl2FN2O4S. The standard InChI is InChI=1S/C23H15Cl2FN2O4S/c1-14-2-8-19(9-3-14)33(30,31)32-22-20(24)11-15(12-21(22)25)10-16(13-27)23(29)28-18-6-4-17(26)5-7-18/h2-12H,1H3,(H,28,29)/b16-10+. The van der Waals surface area contributed by atoms with Crippen LogP contribution in [0.1, 0.15) is 11.1 Å². The molecular weight excluding hydrogens is 490 g/mol. The Kier molecular flexibility index (Phi) is 7.39. The van der Waals surface area contributed by atoms with Gasteiger partial charge in [0.2, 0.25) is 0 Å². The number of hydrogen-bond acceptors (Lipinski definition) is 5. The van der Waals surface area contributed by atoms with Crippen molar-refractivity contribution in [3.63, 3.8) is 0 Å².